The zero-order valence-electron chi connectivity index (χ0n) is 34.5. The van der Waals surface area contributed by atoms with Crippen molar-refractivity contribution in [2.24, 2.45) is 0 Å². The van der Waals surface area contributed by atoms with Gasteiger partial charge in [-0.05, 0) is 94.0 Å². The fourth-order valence-corrected chi connectivity index (χ4v) is 9.67. The van der Waals surface area contributed by atoms with Crippen LogP contribution in [0.5, 0.6) is 0 Å². The highest BCUT2D eigenvalue weighted by molar-refractivity contribution is 6.33. The Morgan fingerprint density at radius 2 is 0.766 bits per heavy atom. The number of rotatable bonds is 7. The number of benzene rings is 10. The minimum atomic E-state index is 0.780. The van der Waals surface area contributed by atoms with Crippen LogP contribution in [-0.4, -0.2) is 0 Å². The van der Waals surface area contributed by atoms with Gasteiger partial charge in [-0.25, -0.2) is 0 Å². The molecule has 4 nitrogen and oxygen atoms in total. The van der Waals surface area contributed by atoms with Crippen molar-refractivity contribution in [1.82, 2.24) is 0 Å². The summed E-state index contributed by atoms with van der Waals surface area (Å²) in [5.41, 5.74) is 17.1. The van der Waals surface area contributed by atoms with E-state index in [1.807, 2.05) is 24.3 Å². The maximum absolute atomic E-state index is 6.82. The van der Waals surface area contributed by atoms with Crippen LogP contribution < -0.4 is 4.90 Å². The van der Waals surface area contributed by atoms with Gasteiger partial charge in [0.05, 0.1) is 11.1 Å². The zero-order chi connectivity index (χ0) is 42.1. The van der Waals surface area contributed by atoms with Crippen molar-refractivity contribution in [3.05, 3.63) is 224 Å². The molecule has 3 heterocycles. The second-order valence-electron chi connectivity index (χ2n) is 16.4. The molecule has 10 aromatic carbocycles. The maximum atomic E-state index is 6.82. The Morgan fingerprint density at radius 1 is 0.266 bits per heavy atom. The number of hydrogen-bond donors (Lipinski definition) is 0. The van der Waals surface area contributed by atoms with Crippen molar-refractivity contribution in [1.29, 1.82) is 0 Å². The average molecular weight is 820 g/mol. The SMILES string of the molecule is c1ccc(-c2ccc(-c3ccccc3N(c3ccc(-c4ccccc4)cc3)c3ccc(-c4cc5oc6ccc7c8ccccc8oc7c6c5c5c4oc4ccccc45)cc3)cc2)cc1. The van der Waals surface area contributed by atoms with E-state index in [9.17, 15) is 0 Å². The molecular formula is C60H37NO3. The summed E-state index contributed by atoms with van der Waals surface area (Å²) in [6.07, 6.45) is 0. The molecule has 0 aliphatic heterocycles. The van der Waals surface area contributed by atoms with Crippen molar-refractivity contribution >= 4 is 82.9 Å². The minimum Gasteiger partial charge on any atom is -0.456 e. The van der Waals surface area contributed by atoms with Crippen molar-refractivity contribution < 1.29 is 13.3 Å². The van der Waals surface area contributed by atoms with Gasteiger partial charge < -0.3 is 18.2 Å². The molecule has 0 amide bonds. The molecule has 0 saturated heterocycles. The second-order valence-corrected chi connectivity index (χ2v) is 16.4. The van der Waals surface area contributed by atoms with Crippen molar-refractivity contribution in [3.8, 4) is 44.5 Å². The number of fused-ring (bicyclic) bond motifs is 11. The predicted octanol–water partition coefficient (Wildman–Crippen LogP) is 17.5. The summed E-state index contributed by atoms with van der Waals surface area (Å²) < 4.78 is 20.1. The number of anilines is 3. The Labute approximate surface area is 368 Å². The topological polar surface area (TPSA) is 42.7 Å². The summed E-state index contributed by atoms with van der Waals surface area (Å²) in [5.74, 6) is 0. The average Bonchev–Trinajstić information content (AvgIpc) is 4.06. The lowest BCUT2D eigenvalue weighted by atomic mass is 9.96. The molecule has 0 bridgehead atoms. The summed E-state index contributed by atoms with van der Waals surface area (Å²) in [5, 5.41) is 6.17. The fraction of sp³-hybridized carbons (Fsp3) is 0. The van der Waals surface area contributed by atoms with E-state index in [1.54, 1.807) is 0 Å². The third-order valence-electron chi connectivity index (χ3n) is 12.7. The van der Waals surface area contributed by atoms with E-state index in [4.69, 9.17) is 13.3 Å². The summed E-state index contributed by atoms with van der Waals surface area (Å²) in [6, 6.07) is 79.1. The van der Waals surface area contributed by atoms with Gasteiger partial charge in [0, 0.05) is 49.4 Å². The number of hydrogen-bond acceptors (Lipinski definition) is 4. The summed E-state index contributed by atoms with van der Waals surface area (Å²) in [7, 11) is 0. The van der Waals surface area contributed by atoms with Crippen LogP contribution in [0.15, 0.2) is 238 Å². The molecule has 0 saturated carbocycles. The Morgan fingerprint density at radius 3 is 1.45 bits per heavy atom. The van der Waals surface area contributed by atoms with Crippen LogP contribution in [0.25, 0.3) is 110 Å². The first kappa shape index (κ1) is 36.1. The van der Waals surface area contributed by atoms with Gasteiger partial charge in [-0.1, -0.05) is 164 Å². The van der Waals surface area contributed by atoms with Crippen molar-refractivity contribution in [3.63, 3.8) is 0 Å². The summed E-state index contributed by atoms with van der Waals surface area (Å²) in [6.45, 7) is 0. The molecule has 0 N–H and O–H groups in total. The molecule has 0 unspecified atom stereocenters. The maximum Gasteiger partial charge on any atom is 0.147 e. The lowest BCUT2D eigenvalue weighted by Gasteiger charge is -2.28. The van der Waals surface area contributed by atoms with Crippen molar-refractivity contribution in [2.75, 3.05) is 4.90 Å². The highest BCUT2D eigenvalue weighted by atomic mass is 16.3. The van der Waals surface area contributed by atoms with Crippen LogP contribution in [0.1, 0.15) is 0 Å². The van der Waals surface area contributed by atoms with Crippen LogP contribution in [0, 0.1) is 0 Å². The standard InChI is InChI=1S/C60H37NO3/c1-3-13-38(14-4-1)40-23-25-42(26-24-40)46-17-7-10-20-51(46)61(44-31-27-41(28-32-44)39-15-5-2-6-16-39)45-33-29-43(30-34-45)50-37-55-57(56-49-19-9-12-22-53(49)64-60(50)56)58-54(62-55)36-35-48-47-18-8-11-21-52(47)63-59(48)58/h1-37H. The minimum absolute atomic E-state index is 0.780. The molecule has 0 aliphatic rings. The monoisotopic (exact) mass is 819 g/mol. The molecule has 0 aliphatic carbocycles. The second kappa shape index (κ2) is 14.5. The van der Waals surface area contributed by atoms with Gasteiger partial charge in [0.15, 0.2) is 0 Å². The lowest BCUT2D eigenvalue weighted by molar-refractivity contribution is 0.660. The summed E-state index contributed by atoms with van der Waals surface area (Å²) >= 11 is 0. The molecule has 300 valence electrons. The molecule has 3 aromatic heterocycles. The fourth-order valence-electron chi connectivity index (χ4n) is 9.67. The Hall–Kier alpha value is -8.60. The third-order valence-corrected chi connectivity index (χ3v) is 12.7. The normalized spacial score (nSPS) is 11.8. The van der Waals surface area contributed by atoms with Gasteiger partial charge in [-0.2, -0.15) is 0 Å². The van der Waals surface area contributed by atoms with E-state index in [-0.39, 0.29) is 0 Å². The van der Waals surface area contributed by atoms with Crippen LogP contribution in [-0.2, 0) is 0 Å². The van der Waals surface area contributed by atoms with E-state index in [0.717, 1.165) is 105 Å². The van der Waals surface area contributed by atoms with Gasteiger partial charge in [-0.15, -0.1) is 0 Å². The quantitative estimate of drug-likeness (QED) is 0.161. The lowest BCUT2D eigenvalue weighted by Crippen LogP contribution is -2.11. The Bertz CT molecular complexity index is 3860. The van der Waals surface area contributed by atoms with Crippen molar-refractivity contribution in [2.45, 2.75) is 0 Å². The highest BCUT2D eigenvalue weighted by Gasteiger charge is 2.24. The first-order valence-corrected chi connectivity index (χ1v) is 21.7. The molecule has 64 heavy (non-hydrogen) atoms. The van der Waals surface area contributed by atoms with Crippen LogP contribution in [0.4, 0.5) is 17.1 Å². The largest absolute Gasteiger partial charge is 0.456 e. The molecule has 13 aromatic rings. The van der Waals surface area contributed by atoms with Gasteiger partial charge >= 0.3 is 0 Å². The Balaban J connectivity index is 0.971. The smallest absolute Gasteiger partial charge is 0.147 e. The van der Waals surface area contributed by atoms with Gasteiger partial charge in [0.25, 0.3) is 0 Å². The third kappa shape index (κ3) is 5.77. The van der Waals surface area contributed by atoms with Crippen LogP contribution in [0.2, 0.25) is 0 Å². The number of para-hydroxylation sites is 3. The van der Waals surface area contributed by atoms with E-state index in [2.05, 4.69) is 205 Å². The molecule has 0 atom stereocenters. The molecule has 0 spiro atoms. The molecule has 4 heteroatoms. The van der Waals surface area contributed by atoms with E-state index >= 15 is 0 Å². The van der Waals surface area contributed by atoms with Crippen LogP contribution >= 0.6 is 0 Å². The first-order chi connectivity index (χ1) is 31.7. The number of nitrogens with zero attached hydrogens (tertiary/aromatic N) is 1. The Kier molecular flexibility index (Phi) is 8.18. The molecular weight excluding hydrogens is 783 g/mol. The first-order valence-electron chi connectivity index (χ1n) is 21.7. The zero-order valence-corrected chi connectivity index (χ0v) is 34.5. The van der Waals surface area contributed by atoms with E-state index in [1.165, 1.54) is 22.3 Å². The summed E-state index contributed by atoms with van der Waals surface area (Å²) in [4.78, 5) is 2.36. The number of furan rings is 3. The molecule has 0 radical (unpaired) electrons. The van der Waals surface area contributed by atoms with E-state index < -0.39 is 0 Å². The van der Waals surface area contributed by atoms with Gasteiger partial charge in [0.1, 0.15) is 33.5 Å². The van der Waals surface area contributed by atoms with Gasteiger partial charge in [-0.3, -0.25) is 0 Å². The van der Waals surface area contributed by atoms with Gasteiger partial charge in [0.2, 0.25) is 0 Å². The molecule has 13 rings (SSSR count). The molecule has 0 fully saturated rings. The predicted molar refractivity (Wildman–Crippen MR) is 265 cm³/mol. The highest BCUT2D eigenvalue weighted by Crippen LogP contribution is 2.48. The van der Waals surface area contributed by atoms with Crippen LogP contribution in [0.3, 0.4) is 0 Å². The van der Waals surface area contributed by atoms with E-state index in [0.29, 0.717) is 0 Å².